The molecule has 0 aliphatic heterocycles. The second kappa shape index (κ2) is 9.17. The molecule has 0 fully saturated rings. The number of carboxylic acids is 1. The number of hydrogen-bond donors (Lipinski definition) is 3. The first kappa shape index (κ1) is 21.0. The first-order valence-electron chi connectivity index (χ1n) is 9.24. The van der Waals surface area contributed by atoms with Gasteiger partial charge in [-0.05, 0) is 60.4 Å². The van der Waals surface area contributed by atoms with Gasteiger partial charge in [-0.1, -0.05) is 18.2 Å². The lowest BCUT2D eigenvalue weighted by Crippen LogP contribution is -2.12. The van der Waals surface area contributed by atoms with Gasteiger partial charge in [0.15, 0.2) is 0 Å². The first-order chi connectivity index (χ1) is 14.3. The van der Waals surface area contributed by atoms with Gasteiger partial charge in [0.2, 0.25) is 0 Å². The molecule has 7 heteroatoms. The van der Waals surface area contributed by atoms with Gasteiger partial charge < -0.3 is 15.5 Å². The van der Waals surface area contributed by atoms with Crippen molar-refractivity contribution >= 4 is 17.6 Å². The van der Waals surface area contributed by atoms with Crippen molar-refractivity contribution in [2.45, 2.75) is 19.3 Å². The Labute approximate surface area is 173 Å². The third-order valence-corrected chi connectivity index (χ3v) is 4.55. The van der Waals surface area contributed by atoms with Crippen LogP contribution in [-0.4, -0.2) is 22.1 Å². The quantitative estimate of drug-likeness (QED) is 0.494. The molecule has 0 aliphatic rings. The lowest BCUT2D eigenvalue weighted by atomic mass is 10.0. The molecule has 0 spiro atoms. The number of aromatic hydroxyl groups is 1. The van der Waals surface area contributed by atoms with Gasteiger partial charge in [0.05, 0.1) is 5.56 Å². The van der Waals surface area contributed by atoms with Crippen molar-refractivity contribution < 1.29 is 30.0 Å². The molecule has 3 aromatic rings. The first-order valence-corrected chi connectivity index (χ1v) is 9.24. The number of rotatable bonds is 7. The fraction of sp³-hybridized carbons (Fsp3) is 0.130. The molecule has 0 aliphatic carbocycles. The molecule has 156 valence electrons. The molecule has 3 aromatic carbocycles. The molecular formula is C23H21F2NO4. The predicted molar refractivity (Wildman–Crippen MR) is 111 cm³/mol. The lowest BCUT2D eigenvalue weighted by molar-refractivity contribution is -0.137. The van der Waals surface area contributed by atoms with Crippen LogP contribution in [0.2, 0.25) is 0 Å². The number of carboxylic acid groups (broad SMARTS) is 1. The van der Waals surface area contributed by atoms with E-state index >= 15 is 0 Å². The average molecular weight is 413 g/mol. The summed E-state index contributed by atoms with van der Waals surface area (Å²) >= 11 is 0. The molecule has 0 unspecified atom stereocenters. The van der Waals surface area contributed by atoms with Gasteiger partial charge in [-0.25, -0.2) is 8.78 Å². The van der Waals surface area contributed by atoms with Crippen LogP contribution in [0.1, 0.15) is 30.2 Å². The van der Waals surface area contributed by atoms with E-state index < -0.39 is 23.5 Å². The summed E-state index contributed by atoms with van der Waals surface area (Å²) in [6, 6.07) is 14.1. The van der Waals surface area contributed by atoms with Crippen LogP contribution in [0.5, 0.6) is 5.75 Å². The number of amides is 1. The summed E-state index contributed by atoms with van der Waals surface area (Å²) in [7, 11) is 0. The predicted octanol–water partition coefficient (Wildman–Crippen LogP) is 5.24. The van der Waals surface area contributed by atoms with Crippen LogP contribution in [0.3, 0.4) is 0 Å². The number of aryl methyl sites for hydroxylation is 1. The molecule has 30 heavy (non-hydrogen) atoms. The molecule has 0 saturated carbocycles. The van der Waals surface area contributed by atoms with E-state index in [0.29, 0.717) is 24.1 Å². The molecule has 0 aromatic heterocycles. The van der Waals surface area contributed by atoms with Gasteiger partial charge in [-0.3, -0.25) is 9.59 Å². The third-order valence-electron chi connectivity index (χ3n) is 4.55. The van der Waals surface area contributed by atoms with Crippen LogP contribution < -0.4 is 5.32 Å². The molecular weight excluding hydrogens is 392 g/mol. The Balaban J connectivity index is 0.00000341. The van der Waals surface area contributed by atoms with Crippen molar-refractivity contribution in [3.05, 3.63) is 83.4 Å². The monoisotopic (exact) mass is 413 g/mol. The highest BCUT2D eigenvalue weighted by Crippen LogP contribution is 2.29. The number of halogens is 2. The zero-order valence-electron chi connectivity index (χ0n) is 15.9. The standard InChI is InChI=1S/C23H19F2NO4.H2/c24-16-7-10-18(20(25)13-16)15-6-11-21(27)19(12-15)23(30)26-17-8-4-14(5-9-17)2-1-3-22(28)29;/h4-13,27H,1-3H2,(H,26,30)(H,28,29);1H. The highest BCUT2D eigenvalue weighted by molar-refractivity contribution is 6.06. The van der Waals surface area contributed by atoms with Crippen molar-refractivity contribution in [3.63, 3.8) is 0 Å². The van der Waals surface area contributed by atoms with Crippen LogP contribution >= 0.6 is 0 Å². The number of carbonyl (C=O) groups excluding carboxylic acids is 1. The van der Waals surface area contributed by atoms with E-state index in [1.807, 2.05) is 0 Å². The number of carbonyl (C=O) groups is 2. The molecule has 3 rings (SSSR count). The molecule has 0 saturated heterocycles. The second-order valence-electron chi connectivity index (χ2n) is 6.75. The van der Waals surface area contributed by atoms with E-state index in [2.05, 4.69) is 5.32 Å². The number of anilines is 1. The third kappa shape index (κ3) is 5.20. The summed E-state index contributed by atoms with van der Waals surface area (Å²) in [5.41, 5.74) is 1.80. The highest BCUT2D eigenvalue weighted by atomic mass is 19.1. The summed E-state index contributed by atoms with van der Waals surface area (Å²) in [5, 5.41) is 21.4. The van der Waals surface area contributed by atoms with Gasteiger partial charge in [-0.15, -0.1) is 0 Å². The van der Waals surface area contributed by atoms with Gasteiger partial charge in [-0.2, -0.15) is 0 Å². The van der Waals surface area contributed by atoms with Crippen molar-refractivity contribution in [2.24, 2.45) is 0 Å². The minimum absolute atomic E-state index is 0. The number of phenols is 1. The van der Waals surface area contributed by atoms with E-state index in [0.717, 1.165) is 17.7 Å². The maximum Gasteiger partial charge on any atom is 0.303 e. The van der Waals surface area contributed by atoms with E-state index in [9.17, 15) is 23.5 Å². The highest BCUT2D eigenvalue weighted by Gasteiger charge is 2.15. The SMILES string of the molecule is O=C(O)CCCc1ccc(NC(=O)c2cc(-c3ccc(F)cc3F)ccc2O)cc1.[HH]. The Morgan fingerprint density at radius 1 is 0.967 bits per heavy atom. The smallest absolute Gasteiger partial charge is 0.303 e. The van der Waals surface area contributed by atoms with Crippen molar-refractivity contribution in [3.8, 4) is 16.9 Å². The van der Waals surface area contributed by atoms with Crippen LogP contribution in [0.25, 0.3) is 11.1 Å². The molecule has 0 heterocycles. The van der Waals surface area contributed by atoms with E-state index in [-0.39, 0.29) is 24.7 Å². The van der Waals surface area contributed by atoms with Crippen LogP contribution in [-0.2, 0) is 11.2 Å². The fourth-order valence-electron chi connectivity index (χ4n) is 3.01. The maximum absolute atomic E-state index is 14.1. The molecule has 1 amide bonds. The minimum atomic E-state index is -0.846. The summed E-state index contributed by atoms with van der Waals surface area (Å²) in [5.74, 6) is -3.19. The van der Waals surface area contributed by atoms with Crippen molar-refractivity contribution in [1.29, 1.82) is 0 Å². The van der Waals surface area contributed by atoms with Crippen LogP contribution in [0.4, 0.5) is 14.5 Å². The lowest BCUT2D eigenvalue weighted by Gasteiger charge is -2.10. The molecule has 5 nitrogen and oxygen atoms in total. The number of benzene rings is 3. The Hall–Kier alpha value is -3.74. The zero-order valence-corrected chi connectivity index (χ0v) is 15.9. The fourth-order valence-corrected chi connectivity index (χ4v) is 3.01. The molecule has 0 radical (unpaired) electrons. The Morgan fingerprint density at radius 2 is 1.70 bits per heavy atom. The van der Waals surface area contributed by atoms with Gasteiger partial charge in [0.1, 0.15) is 17.4 Å². The molecule has 0 atom stereocenters. The maximum atomic E-state index is 14.1. The van der Waals surface area contributed by atoms with Gasteiger partial charge in [0, 0.05) is 25.2 Å². The Kier molecular flexibility index (Phi) is 6.41. The normalized spacial score (nSPS) is 10.6. The van der Waals surface area contributed by atoms with Gasteiger partial charge in [0.25, 0.3) is 5.91 Å². The van der Waals surface area contributed by atoms with Crippen LogP contribution in [0.15, 0.2) is 60.7 Å². The molecule has 0 bridgehead atoms. The van der Waals surface area contributed by atoms with Crippen molar-refractivity contribution in [1.82, 2.24) is 0 Å². The van der Waals surface area contributed by atoms with Crippen molar-refractivity contribution in [2.75, 3.05) is 5.32 Å². The van der Waals surface area contributed by atoms with Crippen LogP contribution in [0, 0.1) is 11.6 Å². The Bertz CT molecular complexity index is 1090. The summed E-state index contributed by atoms with van der Waals surface area (Å²) < 4.78 is 27.2. The second-order valence-corrected chi connectivity index (χ2v) is 6.75. The summed E-state index contributed by atoms with van der Waals surface area (Å²) in [6.07, 6.45) is 1.21. The number of hydrogen-bond acceptors (Lipinski definition) is 3. The number of phenolic OH excluding ortho intramolecular Hbond substituents is 1. The molecule has 3 N–H and O–H groups in total. The topological polar surface area (TPSA) is 86.6 Å². The zero-order chi connectivity index (χ0) is 21.7. The Morgan fingerprint density at radius 3 is 2.37 bits per heavy atom. The van der Waals surface area contributed by atoms with E-state index in [1.165, 1.54) is 24.3 Å². The minimum Gasteiger partial charge on any atom is -0.507 e. The van der Waals surface area contributed by atoms with Gasteiger partial charge >= 0.3 is 5.97 Å². The average Bonchev–Trinajstić information content (AvgIpc) is 2.69. The summed E-state index contributed by atoms with van der Waals surface area (Å²) in [4.78, 5) is 23.2. The number of aliphatic carboxylic acids is 1. The largest absolute Gasteiger partial charge is 0.507 e. The van der Waals surface area contributed by atoms with E-state index in [4.69, 9.17) is 5.11 Å². The summed E-state index contributed by atoms with van der Waals surface area (Å²) in [6.45, 7) is 0. The van der Waals surface area contributed by atoms with E-state index in [1.54, 1.807) is 24.3 Å². The number of nitrogens with one attached hydrogen (secondary N) is 1.